The number of pyridine rings is 1. The van der Waals surface area contributed by atoms with Crippen LogP contribution >= 0.6 is 0 Å². The van der Waals surface area contributed by atoms with E-state index in [1.54, 1.807) is 29.3 Å². The zero-order valence-corrected chi connectivity index (χ0v) is 13.7. The molecule has 2 aliphatic heterocycles. The Morgan fingerprint density at radius 1 is 1.39 bits per heavy atom. The summed E-state index contributed by atoms with van der Waals surface area (Å²) >= 11 is 0. The van der Waals surface area contributed by atoms with E-state index in [4.69, 9.17) is 4.74 Å². The second-order valence-corrected chi connectivity index (χ2v) is 8.22. The third kappa shape index (κ3) is 4.20. The first-order valence-electron chi connectivity index (χ1n) is 7.84. The Balaban J connectivity index is 1.72. The number of nitrogens with zero attached hydrogens (tertiary/aromatic N) is 2. The van der Waals surface area contributed by atoms with Crippen molar-refractivity contribution in [2.75, 3.05) is 30.0 Å². The molecule has 2 fully saturated rings. The summed E-state index contributed by atoms with van der Waals surface area (Å²) in [5, 5.41) is 2.75. The van der Waals surface area contributed by atoms with Gasteiger partial charge in [-0.25, -0.2) is 18.2 Å². The van der Waals surface area contributed by atoms with Crippen molar-refractivity contribution in [2.45, 2.75) is 31.4 Å². The normalized spacial score (nSPS) is 26.1. The summed E-state index contributed by atoms with van der Waals surface area (Å²) in [5.74, 6) is 0.613. The van der Waals surface area contributed by atoms with E-state index in [1.807, 2.05) is 0 Å². The maximum Gasteiger partial charge on any atom is 0.323 e. The van der Waals surface area contributed by atoms with E-state index in [9.17, 15) is 13.2 Å². The van der Waals surface area contributed by atoms with Gasteiger partial charge < -0.3 is 9.64 Å². The number of hydrogen-bond acceptors (Lipinski definition) is 5. The Hall–Kier alpha value is -1.67. The largest absolute Gasteiger partial charge is 0.376 e. The monoisotopic (exact) mass is 339 g/mol. The van der Waals surface area contributed by atoms with Crippen LogP contribution in [0.1, 0.15) is 19.3 Å². The van der Waals surface area contributed by atoms with E-state index in [1.165, 1.54) is 0 Å². The number of ether oxygens (including phenoxy) is 1. The predicted octanol–water partition coefficient (Wildman–Crippen LogP) is 1.28. The Bertz CT molecular complexity index is 644. The molecule has 0 radical (unpaired) electrons. The number of carbonyl (C=O) groups is 1. The van der Waals surface area contributed by atoms with Gasteiger partial charge in [-0.3, -0.25) is 5.32 Å². The molecule has 1 aromatic rings. The van der Waals surface area contributed by atoms with Crippen LogP contribution in [0.2, 0.25) is 0 Å². The van der Waals surface area contributed by atoms with Gasteiger partial charge in [-0.1, -0.05) is 6.07 Å². The van der Waals surface area contributed by atoms with E-state index >= 15 is 0 Å². The number of aromatic nitrogens is 1. The predicted molar refractivity (Wildman–Crippen MR) is 86.0 cm³/mol. The molecule has 2 atom stereocenters. The summed E-state index contributed by atoms with van der Waals surface area (Å²) in [4.78, 5) is 18.3. The second kappa shape index (κ2) is 6.84. The standard InChI is InChI=1S/C15H21N3O4S/c19-15(17-14-5-1-2-7-16-14)18(10-13-4-3-8-22-13)12-6-9-23(20,21)11-12/h1-2,5,7,12-13H,3-4,6,8-11H2,(H,16,17,19)/t12-,13+/m0/s1. The summed E-state index contributed by atoms with van der Waals surface area (Å²) in [5.41, 5.74) is 0. The van der Waals surface area contributed by atoms with Crippen molar-refractivity contribution in [3.05, 3.63) is 24.4 Å². The topological polar surface area (TPSA) is 88.6 Å². The van der Waals surface area contributed by atoms with Crippen LogP contribution in [0.25, 0.3) is 0 Å². The zero-order chi connectivity index (χ0) is 16.3. The maximum absolute atomic E-state index is 12.6. The number of anilines is 1. The minimum atomic E-state index is -3.06. The summed E-state index contributed by atoms with van der Waals surface area (Å²) in [6, 6.07) is 4.64. The molecule has 0 saturated carbocycles. The highest BCUT2D eigenvalue weighted by molar-refractivity contribution is 7.91. The zero-order valence-electron chi connectivity index (χ0n) is 12.8. The number of carbonyl (C=O) groups excluding carboxylic acids is 1. The molecule has 126 valence electrons. The summed E-state index contributed by atoms with van der Waals surface area (Å²) in [6.45, 7) is 1.11. The molecule has 8 heteroatoms. The average molecular weight is 339 g/mol. The molecule has 1 aromatic heterocycles. The first-order chi connectivity index (χ1) is 11.0. The molecular weight excluding hydrogens is 318 g/mol. The third-order valence-electron chi connectivity index (χ3n) is 4.23. The number of rotatable bonds is 4. The van der Waals surface area contributed by atoms with Crippen LogP contribution in [0.3, 0.4) is 0 Å². The van der Waals surface area contributed by atoms with Gasteiger partial charge in [0.05, 0.1) is 17.6 Å². The first-order valence-corrected chi connectivity index (χ1v) is 9.66. The van der Waals surface area contributed by atoms with Crippen LogP contribution in [-0.4, -0.2) is 61.1 Å². The lowest BCUT2D eigenvalue weighted by Gasteiger charge is -2.30. The molecule has 0 aromatic carbocycles. The molecule has 1 N–H and O–H groups in total. The second-order valence-electron chi connectivity index (χ2n) is 5.99. The van der Waals surface area contributed by atoms with Gasteiger partial charge >= 0.3 is 6.03 Å². The SMILES string of the molecule is O=C(Nc1ccccn1)N(C[C@H]1CCCO1)[C@H]1CCS(=O)(=O)C1. The van der Waals surface area contributed by atoms with Gasteiger partial charge in [0.15, 0.2) is 9.84 Å². The van der Waals surface area contributed by atoms with Gasteiger partial charge in [0.1, 0.15) is 5.82 Å². The molecule has 3 rings (SSSR count). The van der Waals surface area contributed by atoms with Crippen molar-refractivity contribution in [2.24, 2.45) is 0 Å². The summed E-state index contributed by atoms with van der Waals surface area (Å²) in [6.07, 6.45) is 3.92. The number of urea groups is 1. The van der Waals surface area contributed by atoms with Crippen LogP contribution in [0.15, 0.2) is 24.4 Å². The van der Waals surface area contributed by atoms with Gasteiger partial charge in [0.25, 0.3) is 0 Å². The summed E-state index contributed by atoms with van der Waals surface area (Å²) in [7, 11) is -3.06. The van der Waals surface area contributed by atoms with Crippen molar-refractivity contribution >= 4 is 21.7 Å². The lowest BCUT2D eigenvalue weighted by molar-refractivity contribution is 0.0750. The highest BCUT2D eigenvalue weighted by Gasteiger charge is 2.36. The van der Waals surface area contributed by atoms with Crippen LogP contribution < -0.4 is 5.32 Å². The van der Waals surface area contributed by atoms with Crippen LogP contribution in [0.4, 0.5) is 10.6 Å². The molecular formula is C15H21N3O4S. The average Bonchev–Trinajstić information content (AvgIpc) is 3.15. The van der Waals surface area contributed by atoms with Gasteiger partial charge in [-0.05, 0) is 31.4 Å². The Kier molecular flexibility index (Phi) is 4.82. The van der Waals surface area contributed by atoms with Crippen molar-refractivity contribution in [1.29, 1.82) is 0 Å². The van der Waals surface area contributed by atoms with E-state index in [-0.39, 0.29) is 29.7 Å². The fourth-order valence-electron chi connectivity index (χ4n) is 3.04. The Labute approximate surface area is 135 Å². The minimum absolute atomic E-state index is 0.0206. The third-order valence-corrected chi connectivity index (χ3v) is 5.98. The smallest absolute Gasteiger partial charge is 0.323 e. The molecule has 2 amide bonds. The van der Waals surface area contributed by atoms with E-state index in [2.05, 4.69) is 10.3 Å². The van der Waals surface area contributed by atoms with Gasteiger partial charge in [0, 0.05) is 25.4 Å². The van der Waals surface area contributed by atoms with Crippen LogP contribution in [-0.2, 0) is 14.6 Å². The summed E-state index contributed by atoms with van der Waals surface area (Å²) < 4.78 is 29.1. The molecule has 7 nitrogen and oxygen atoms in total. The van der Waals surface area contributed by atoms with Crippen molar-refractivity contribution in [3.63, 3.8) is 0 Å². The molecule has 2 aliphatic rings. The quantitative estimate of drug-likeness (QED) is 0.893. The molecule has 3 heterocycles. The molecule has 23 heavy (non-hydrogen) atoms. The fraction of sp³-hybridized carbons (Fsp3) is 0.600. The van der Waals surface area contributed by atoms with Gasteiger partial charge in [-0.2, -0.15) is 0 Å². The van der Waals surface area contributed by atoms with Crippen LogP contribution in [0, 0.1) is 0 Å². The van der Waals surface area contributed by atoms with Crippen molar-refractivity contribution < 1.29 is 17.9 Å². The molecule has 0 bridgehead atoms. The van der Waals surface area contributed by atoms with Gasteiger partial charge in [0.2, 0.25) is 0 Å². The number of amides is 2. The van der Waals surface area contributed by atoms with Gasteiger partial charge in [-0.15, -0.1) is 0 Å². The highest BCUT2D eigenvalue weighted by Crippen LogP contribution is 2.22. The number of sulfone groups is 1. The van der Waals surface area contributed by atoms with E-state index in [0.717, 1.165) is 12.8 Å². The van der Waals surface area contributed by atoms with Crippen LogP contribution in [0.5, 0.6) is 0 Å². The van der Waals surface area contributed by atoms with Crippen molar-refractivity contribution in [1.82, 2.24) is 9.88 Å². The molecule has 0 spiro atoms. The van der Waals surface area contributed by atoms with E-state index < -0.39 is 9.84 Å². The van der Waals surface area contributed by atoms with E-state index in [0.29, 0.717) is 25.4 Å². The first kappa shape index (κ1) is 16.2. The van der Waals surface area contributed by atoms with Crippen molar-refractivity contribution in [3.8, 4) is 0 Å². The lowest BCUT2D eigenvalue weighted by Crippen LogP contribution is -2.47. The highest BCUT2D eigenvalue weighted by atomic mass is 32.2. The molecule has 2 saturated heterocycles. The molecule has 0 unspecified atom stereocenters. The number of hydrogen-bond donors (Lipinski definition) is 1. The Morgan fingerprint density at radius 2 is 2.26 bits per heavy atom. The minimum Gasteiger partial charge on any atom is -0.376 e. The lowest BCUT2D eigenvalue weighted by atomic mass is 10.2. The number of nitrogens with one attached hydrogen (secondary N) is 1. The Morgan fingerprint density at radius 3 is 2.87 bits per heavy atom. The molecule has 0 aliphatic carbocycles. The fourth-order valence-corrected chi connectivity index (χ4v) is 4.78. The maximum atomic E-state index is 12.6.